The number of nitrogens with zero attached hydrogens (tertiary/aromatic N) is 2. The summed E-state index contributed by atoms with van der Waals surface area (Å²) < 4.78 is 7.11. The summed E-state index contributed by atoms with van der Waals surface area (Å²) in [6.07, 6.45) is 1.48. The van der Waals surface area contributed by atoms with Gasteiger partial charge in [-0.3, -0.25) is 4.68 Å². The highest BCUT2D eigenvalue weighted by Crippen LogP contribution is 2.27. The molecule has 0 amide bonds. The highest BCUT2D eigenvalue weighted by molar-refractivity contribution is 6.31. The van der Waals surface area contributed by atoms with Gasteiger partial charge < -0.3 is 10.5 Å². The van der Waals surface area contributed by atoms with Gasteiger partial charge in [-0.25, -0.2) is 0 Å². The summed E-state index contributed by atoms with van der Waals surface area (Å²) in [7, 11) is 3.58. The fraction of sp³-hybridized carbons (Fsp3) is 0.438. The molecule has 1 heterocycles. The molecule has 0 aliphatic heterocycles. The molecule has 1 atom stereocenters. The van der Waals surface area contributed by atoms with Crippen LogP contribution in [0.5, 0.6) is 5.75 Å². The number of benzene rings is 1. The van der Waals surface area contributed by atoms with E-state index in [1.165, 1.54) is 0 Å². The summed E-state index contributed by atoms with van der Waals surface area (Å²) in [5.41, 5.74) is 10.4. The van der Waals surface area contributed by atoms with Crippen molar-refractivity contribution in [2.45, 2.75) is 32.7 Å². The van der Waals surface area contributed by atoms with Gasteiger partial charge in [-0.1, -0.05) is 30.7 Å². The van der Waals surface area contributed by atoms with Crippen LogP contribution in [0.3, 0.4) is 0 Å². The first-order valence-electron chi connectivity index (χ1n) is 7.08. The van der Waals surface area contributed by atoms with Crippen LogP contribution in [0, 0.1) is 6.92 Å². The maximum atomic E-state index is 6.38. The van der Waals surface area contributed by atoms with Gasteiger partial charge in [-0.2, -0.15) is 5.10 Å². The van der Waals surface area contributed by atoms with Crippen LogP contribution in [0.2, 0.25) is 5.02 Å². The zero-order valence-corrected chi connectivity index (χ0v) is 13.7. The lowest BCUT2D eigenvalue weighted by molar-refractivity contribution is 0.411. The largest absolute Gasteiger partial charge is 0.496 e. The van der Waals surface area contributed by atoms with E-state index in [1.54, 1.807) is 7.11 Å². The summed E-state index contributed by atoms with van der Waals surface area (Å²) in [4.78, 5) is 0. The number of hydrogen-bond donors (Lipinski definition) is 1. The van der Waals surface area contributed by atoms with Crippen LogP contribution in [0.4, 0.5) is 0 Å². The molecule has 114 valence electrons. The molecular weight excluding hydrogens is 286 g/mol. The number of aryl methyl sites for hydroxylation is 3. The van der Waals surface area contributed by atoms with Crippen molar-refractivity contribution in [1.29, 1.82) is 0 Å². The number of aromatic nitrogens is 2. The predicted octanol–water partition coefficient (Wildman–Crippen LogP) is 3.20. The molecule has 2 rings (SSSR count). The predicted molar refractivity (Wildman–Crippen MR) is 86.0 cm³/mol. The normalized spacial score (nSPS) is 12.5. The van der Waals surface area contributed by atoms with Crippen molar-refractivity contribution in [3.8, 4) is 5.75 Å². The molecule has 1 aromatic carbocycles. The minimum atomic E-state index is -0.118. The van der Waals surface area contributed by atoms with Gasteiger partial charge in [0.25, 0.3) is 0 Å². The molecule has 0 saturated heterocycles. The topological polar surface area (TPSA) is 53.1 Å². The Hall–Kier alpha value is -1.52. The SMILES string of the molecule is CCc1nn(C)c(CC(N)c2ccc(OC)c(C)c2)c1Cl. The second kappa shape index (κ2) is 6.50. The smallest absolute Gasteiger partial charge is 0.121 e. The van der Waals surface area contributed by atoms with E-state index in [9.17, 15) is 0 Å². The molecule has 1 unspecified atom stereocenters. The Morgan fingerprint density at radius 1 is 1.43 bits per heavy atom. The van der Waals surface area contributed by atoms with Crippen LogP contribution in [0.25, 0.3) is 0 Å². The number of nitrogens with two attached hydrogens (primary N) is 1. The quantitative estimate of drug-likeness (QED) is 0.923. The molecule has 0 aliphatic rings. The number of hydrogen-bond acceptors (Lipinski definition) is 3. The number of ether oxygens (including phenoxy) is 1. The van der Waals surface area contributed by atoms with Gasteiger partial charge in [0.2, 0.25) is 0 Å². The highest BCUT2D eigenvalue weighted by Gasteiger charge is 2.17. The average Bonchev–Trinajstić information content (AvgIpc) is 2.74. The zero-order valence-electron chi connectivity index (χ0n) is 13.0. The number of methoxy groups -OCH3 is 1. The van der Waals surface area contributed by atoms with Crippen molar-refractivity contribution in [2.24, 2.45) is 12.8 Å². The first-order valence-corrected chi connectivity index (χ1v) is 7.46. The Kier molecular flexibility index (Phi) is 4.91. The summed E-state index contributed by atoms with van der Waals surface area (Å²) in [5.74, 6) is 0.873. The van der Waals surface area contributed by atoms with Crippen LogP contribution < -0.4 is 10.5 Å². The Balaban J connectivity index is 2.24. The number of halogens is 1. The van der Waals surface area contributed by atoms with Gasteiger partial charge in [-0.05, 0) is 30.5 Å². The summed E-state index contributed by atoms with van der Waals surface area (Å²) >= 11 is 6.38. The third-order valence-electron chi connectivity index (χ3n) is 3.76. The highest BCUT2D eigenvalue weighted by atomic mass is 35.5. The molecule has 2 N–H and O–H groups in total. The van der Waals surface area contributed by atoms with Crippen LogP contribution in [-0.2, 0) is 19.9 Å². The van der Waals surface area contributed by atoms with Crippen molar-refractivity contribution in [3.63, 3.8) is 0 Å². The Morgan fingerprint density at radius 2 is 2.14 bits per heavy atom. The van der Waals surface area contributed by atoms with E-state index in [0.717, 1.165) is 39.7 Å². The third kappa shape index (κ3) is 3.22. The molecule has 0 saturated carbocycles. The van der Waals surface area contributed by atoms with Crippen molar-refractivity contribution in [1.82, 2.24) is 9.78 Å². The van der Waals surface area contributed by atoms with Gasteiger partial charge in [0.1, 0.15) is 5.75 Å². The molecular formula is C16H22ClN3O. The Morgan fingerprint density at radius 3 is 2.67 bits per heavy atom. The lowest BCUT2D eigenvalue weighted by atomic mass is 10.0. The monoisotopic (exact) mass is 307 g/mol. The Labute approximate surface area is 130 Å². The molecule has 0 aliphatic carbocycles. The molecule has 0 bridgehead atoms. The zero-order chi connectivity index (χ0) is 15.6. The van der Waals surface area contributed by atoms with E-state index in [1.807, 2.05) is 37.7 Å². The first-order chi connectivity index (χ1) is 9.97. The lowest BCUT2D eigenvalue weighted by Gasteiger charge is -2.14. The summed E-state index contributed by atoms with van der Waals surface area (Å²) in [6.45, 7) is 4.06. The van der Waals surface area contributed by atoms with Crippen LogP contribution in [-0.4, -0.2) is 16.9 Å². The van der Waals surface area contributed by atoms with Gasteiger partial charge in [0.05, 0.1) is 23.5 Å². The second-order valence-electron chi connectivity index (χ2n) is 5.22. The molecule has 2 aromatic rings. The van der Waals surface area contributed by atoms with E-state index < -0.39 is 0 Å². The van der Waals surface area contributed by atoms with Gasteiger partial charge >= 0.3 is 0 Å². The molecule has 1 aromatic heterocycles. The van der Waals surface area contributed by atoms with Crippen molar-refractivity contribution < 1.29 is 4.74 Å². The molecule has 5 heteroatoms. The van der Waals surface area contributed by atoms with Crippen LogP contribution >= 0.6 is 11.6 Å². The van der Waals surface area contributed by atoms with Gasteiger partial charge in [0.15, 0.2) is 0 Å². The van der Waals surface area contributed by atoms with E-state index in [4.69, 9.17) is 22.1 Å². The fourth-order valence-corrected chi connectivity index (χ4v) is 2.87. The van der Waals surface area contributed by atoms with E-state index in [2.05, 4.69) is 11.2 Å². The van der Waals surface area contributed by atoms with Crippen molar-refractivity contribution in [2.75, 3.05) is 7.11 Å². The van der Waals surface area contributed by atoms with E-state index in [0.29, 0.717) is 6.42 Å². The minimum Gasteiger partial charge on any atom is -0.496 e. The maximum absolute atomic E-state index is 6.38. The molecule has 0 spiro atoms. The third-order valence-corrected chi connectivity index (χ3v) is 4.20. The van der Waals surface area contributed by atoms with E-state index >= 15 is 0 Å². The molecule has 4 nitrogen and oxygen atoms in total. The summed E-state index contributed by atoms with van der Waals surface area (Å²) in [6, 6.07) is 5.90. The average molecular weight is 308 g/mol. The van der Waals surface area contributed by atoms with Crippen molar-refractivity contribution in [3.05, 3.63) is 45.7 Å². The van der Waals surface area contributed by atoms with E-state index in [-0.39, 0.29) is 6.04 Å². The number of rotatable bonds is 5. The standard InChI is InChI=1S/C16H22ClN3O/c1-5-13-16(17)14(20(3)19-13)9-12(18)11-6-7-15(21-4)10(2)8-11/h6-8,12H,5,9,18H2,1-4H3. The lowest BCUT2D eigenvalue weighted by Crippen LogP contribution is -2.16. The fourth-order valence-electron chi connectivity index (χ4n) is 2.50. The Bertz CT molecular complexity index is 637. The maximum Gasteiger partial charge on any atom is 0.121 e. The minimum absolute atomic E-state index is 0.118. The molecule has 0 fully saturated rings. The van der Waals surface area contributed by atoms with Gasteiger partial charge in [0, 0.05) is 19.5 Å². The van der Waals surface area contributed by atoms with Crippen LogP contribution in [0.15, 0.2) is 18.2 Å². The van der Waals surface area contributed by atoms with Crippen molar-refractivity contribution >= 4 is 11.6 Å². The molecule has 0 radical (unpaired) electrons. The second-order valence-corrected chi connectivity index (χ2v) is 5.60. The van der Waals surface area contributed by atoms with Crippen LogP contribution in [0.1, 0.15) is 35.5 Å². The summed E-state index contributed by atoms with van der Waals surface area (Å²) in [5, 5.41) is 5.17. The van der Waals surface area contributed by atoms with Gasteiger partial charge in [-0.15, -0.1) is 0 Å². The molecule has 21 heavy (non-hydrogen) atoms. The first kappa shape index (κ1) is 15.9.